The molecule has 2 atom stereocenters. The molecule has 0 radical (unpaired) electrons. The van der Waals surface area contributed by atoms with Gasteiger partial charge in [-0.1, -0.05) is 61.1 Å². The minimum absolute atomic E-state index is 0.445. The molecule has 1 aliphatic heterocycles. The van der Waals surface area contributed by atoms with Crippen LogP contribution in [0.4, 0.5) is 0 Å². The minimum atomic E-state index is 0.445. The molecule has 0 bridgehead atoms. The summed E-state index contributed by atoms with van der Waals surface area (Å²) in [6.07, 6.45) is 6.96. The predicted molar refractivity (Wildman–Crippen MR) is 89.5 cm³/mol. The van der Waals surface area contributed by atoms with Crippen LogP contribution in [0.15, 0.2) is 65.3 Å². The maximum Gasteiger partial charge on any atom is 0.0721 e. The lowest BCUT2D eigenvalue weighted by Crippen LogP contribution is -2.08. The summed E-state index contributed by atoms with van der Waals surface area (Å²) in [4.78, 5) is 0. The summed E-state index contributed by atoms with van der Waals surface area (Å²) in [5.41, 5.74) is 5.27. The molecule has 1 fully saturated rings. The lowest BCUT2D eigenvalue weighted by atomic mass is 9.89. The average molecular weight is 296 g/mol. The van der Waals surface area contributed by atoms with E-state index in [9.17, 15) is 0 Å². The summed E-state index contributed by atoms with van der Waals surface area (Å²) in [5, 5.41) is 0. The Bertz CT molecular complexity index is 595. The minimum Gasteiger partial charge on any atom is -0.376 e. The Balaban J connectivity index is 1.68. The van der Waals surface area contributed by atoms with Crippen molar-refractivity contribution in [3.05, 3.63) is 70.8 Å². The third-order valence-corrected chi connectivity index (χ3v) is 4.44. The highest BCUT2D eigenvalue weighted by atomic mass is 16.5. The van der Waals surface area contributed by atoms with Crippen molar-refractivity contribution >= 4 is 0 Å². The number of benzene rings is 1. The molecule has 2 aliphatic rings. The van der Waals surface area contributed by atoms with Crippen LogP contribution in [-0.4, -0.2) is 19.8 Å². The Morgan fingerprint density at radius 3 is 2.77 bits per heavy atom. The summed E-state index contributed by atoms with van der Waals surface area (Å²) in [6, 6.07) is 10.3. The van der Waals surface area contributed by atoms with Crippen LogP contribution in [0.3, 0.4) is 0 Å². The van der Waals surface area contributed by atoms with Gasteiger partial charge in [-0.3, -0.25) is 0 Å². The molecular formula is C20H24O2. The fourth-order valence-corrected chi connectivity index (χ4v) is 2.98. The second-order valence-electron chi connectivity index (χ2n) is 6.26. The molecule has 0 amide bonds. The van der Waals surface area contributed by atoms with Crippen LogP contribution in [0.25, 0.3) is 0 Å². The fourth-order valence-electron chi connectivity index (χ4n) is 2.98. The largest absolute Gasteiger partial charge is 0.376 e. The molecule has 0 N–H and O–H groups in total. The second kappa shape index (κ2) is 7.08. The summed E-state index contributed by atoms with van der Waals surface area (Å²) in [5.74, 6) is 0.897. The quantitative estimate of drug-likeness (QED) is 0.771. The lowest BCUT2D eigenvalue weighted by Gasteiger charge is -2.17. The molecule has 2 heteroatoms. The number of hydrogen-bond donors (Lipinski definition) is 0. The van der Waals surface area contributed by atoms with E-state index in [0.29, 0.717) is 25.0 Å². The van der Waals surface area contributed by atoms with Gasteiger partial charge in [0.15, 0.2) is 0 Å². The Morgan fingerprint density at radius 1 is 1.14 bits per heavy atom. The first-order valence-electron chi connectivity index (χ1n) is 8.01. The van der Waals surface area contributed by atoms with Crippen LogP contribution in [0.1, 0.15) is 19.4 Å². The van der Waals surface area contributed by atoms with Gasteiger partial charge in [-0.25, -0.2) is 0 Å². The Labute approximate surface area is 133 Å². The standard InChI is InChI=1S/C20H24O2/c1-15-8-18(12-21-11-17-6-4-3-5-7-17)10-20-14-22-13-19(20)9-16(15)2/h3-10,15,19H,11-14H2,1-2H3/b16-9-,18-8+,20-10-/t15-,19+/m0/s1. The van der Waals surface area contributed by atoms with Gasteiger partial charge in [0, 0.05) is 5.92 Å². The molecule has 0 aromatic heterocycles. The smallest absolute Gasteiger partial charge is 0.0721 e. The van der Waals surface area contributed by atoms with Crippen molar-refractivity contribution in [2.45, 2.75) is 20.5 Å². The van der Waals surface area contributed by atoms with Gasteiger partial charge in [-0.15, -0.1) is 0 Å². The molecule has 1 saturated heterocycles. The van der Waals surface area contributed by atoms with E-state index < -0.39 is 0 Å². The van der Waals surface area contributed by atoms with Crippen molar-refractivity contribution in [3.8, 4) is 0 Å². The van der Waals surface area contributed by atoms with E-state index in [-0.39, 0.29) is 0 Å². The molecule has 1 aromatic carbocycles. The fraction of sp³-hybridized carbons (Fsp3) is 0.400. The summed E-state index contributed by atoms with van der Waals surface area (Å²) in [6.45, 7) is 7.34. The van der Waals surface area contributed by atoms with E-state index in [4.69, 9.17) is 9.47 Å². The van der Waals surface area contributed by atoms with Crippen LogP contribution in [-0.2, 0) is 16.1 Å². The first kappa shape index (κ1) is 15.3. The molecule has 22 heavy (non-hydrogen) atoms. The van der Waals surface area contributed by atoms with Crippen molar-refractivity contribution in [2.24, 2.45) is 11.8 Å². The van der Waals surface area contributed by atoms with Gasteiger partial charge in [0.1, 0.15) is 0 Å². The number of hydrogen-bond acceptors (Lipinski definition) is 2. The average Bonchev–Trinajstić information content (AvgIpc) is 2.93. The zero-order chi connectivity index (χ0) is 15.4. The molecule has 0 saturated carbocycles. The van der Waals surface area contributed by atoms with Crippen LogP contribution in [0.5, 0.6) is 0 Å². The number of allylic oxidation sites excluding steroid dienone is 2. The van der Waals surface area contributed by atoms with Gasteiger partial charge in [0.05, 0.1) is 26.4 Å². The lowest BCUT2D eigenvalue weighted by molar-refractivity contribution is 0.144. The highest BCUT2D eigenvalue weighted by Crippen LogP contribution is 2.29. The van der Waals surface area contributed by atoms with Gasteiger partial charge < -0.3 is 9.47 Å². The third kappa shape index (κ3) is 3.76. The third-order valence-electron chi connectivity index (χ3n) is 4.44. The number of ether oxygens (including phenoxy) is 2. The van der Waals surface area contributed by atoms with E-state index in [0.717, 1.165) is 13.2 Å². The topological polar surface area (TPSA) is 18.5 Å². The second-order valence-corrected chi connectivity index (χ2v) is 6.26. The van der Waals surface area contributed by atoms with Crippen LogP contribution in [0, 0.1) is 11.8 Å². The van der Waals surface area contributed by atoms with Crippen molar-refractivity contribution in [1.29, 1.82) is 0 Å². The SMILES string of the molecule is C/C1=C/[C@@H]2COC/C2=C/C(COCc2ccccc2)=C\[C@@H]1C. The van der Waals surface area contributed by atoms with Crippen LogP contribution in [0.2, 0.25) is 0 Å². The molecule has 0 spiro atoms. The van der Waals surface area contributed by atoms with E-state index in [1.165, 1.54) is 22.3 Å². The number of fused-ring (bicyclic) bond motifs is 1. The summed E-state index contributed by atoms with van der Waals surface area (Å²) < 4.78 is 11.5. The van der Waals surface area contributed by atoms with E-state index in [2.05, 4.69) is 44.2 Å². The maximum absolute atomic E-state index is 5.91. The van der Waals surface area contributed by atoms with Crippen molar-refractivity contribution in [2.75, 3.05) is 19.8 Å². The zero-order valence-electron chi connectivity index (χ0n) is 13.4. The predicted octanol–water partition coefficient (Wildman–Crippen LogP) is 4.30. The van der Waals surface area contributed by atoms with Crippen molar-refractivity contribution in [1.82, 2.24) is 0 Å². The summed E-state index contributed by atoms with van der Waals surface area (Å²) in [7, 11) is 0. The Hall–Kier alpha value is -1.64. The van der Waals surface area contributed by atoms with E-state index in [1.807, 2.05) is 18.2 Å². The molecule has 2 nitrogen and oxygen atoms in total. The molecule has 116 valence electrons. The molecule has 3 rings (SSSR count). The van der Waals surface area contributed by atoms with E-state index in [1.54, 1.807) is 0 Å². The van der Waals surface area contributed by atoms with Crippen LogP contribution < -0.4 is 0 Å². The van der Waals surface area contributed by atoms with Gasteiger partial charge in [-0.2, -0.15) is 0 Å². The van der Waals surface area contributed by atoms with Gasteiger partial charge in [0.25, 0.3) is 0 Å². The monoisotopic (exact) mass is 296 g/mol. The zero-order valence-corrected chi connectivity index (χ0v) is 13.4. The highest BCUT2D eigenvalue weighted by Gasteiger charge is 2.22. The van der Waals surface area contributed by atoms with Crippen LogP contribution >= 0.6 is 0 Å². The first-order chi connectivity index (χ1) is 10.7. The Kier molecular flexibility index (Phi) is 4.91. The molecular weight excluding hydrogens is 272 g/mol. The highest BCUT2D eigenvalue weighted by molar-refractivity contribution is 5.34. The molecule has 1 heterocycles. The van der Waals surface area contributed by atoms with E-state index >= 15 is 0 Å². The van der Waals surface area contributed by atoms with Crippen molar-refractivity contribution < 1.29 is 9.47 Å². The molecule has 0 unspecified atom stereocenters. The first-order valence-corrected chi connectivity index (χ1v) is 8.01. The molecule has 1 aliphatic carbocycles. The van der Waals surface area contributed by atoms with Gasteiger partial charge in [-0.05, 0) is 29.6 Å². The summed E-state index contributed by atoms with van der Waals surface area (Å²) >= 11 is 0. The maximum atomic E-state index is 5.91. The normalized spacial score (nSPS) is 31.8. The number of rotatable bonds is 4. The van der Waals surface area contributed by atoms with Gasteiger partial charge in [0.2, 0.25) is 0 Å². The Morgan fingerprint density at radius 2 is 1.95 bits per heavy atom. The van der Waals surface area contributed by atoms with Crippen molar-refractivity contribution in [3.63, 3.8) is 0 Å². The van der Waals surface area contributed by atoms with Gasteiger partial charge >= 0.3 is 0 Å². The molecule has 1 aromatic rings.